The molecule has 92 valence electrons. The third kappa shape index (κ3) is 3.69. The van der Waals surface area contributed by atoms with E-state index in [1.54, 1.807) is 0 Å². The summed E-state index contributed by atoms with van der Waals surface area (Å²) in [6, 6.07) is -1.07. The van der Waals surface area contributed by atoms with Gasteiger partial charge in [-0.2, -0.15) is 4.79 Å². The molecule has 1 heterocycles. The Morgan fingerprint density at radius 2 is 2.41 bits per heavy atom. The fourth-order valence-electron chi connectivity index (χ4n) is 1.70. The molecule has 2 amide bonds. The monoisotopic (exact) mass is 240 g/mol. The lowest BCUT2D eigenvalue weighted by Gasteiger charge is -2.14. The Morgan fingerprint density at radius 1 is 1.71 bits per heavy atom. The summed E-state index contributed by atoms with van der Waals surface area (Å²) in [7, 11) is 0. The number of carboxylic acid groups (broad SMARTS) is 1. The number of ketones is 1. The van der Waals surface area contributed by atoms with Gasteiger partial charge in [-0.1, -0.05) is 0 Å². The summed E-state index contributed by atoms with van der Waals surface area (Å²) in [4.78, 5) is 35.8. The maximum absolute atomic E-state index is 11.4. The SMILES string of the molecule is [N-]=[N+]=CC(=O)[C@H](C[C@@H]1CCNC1=O)NC(=O)O. The fraction of sp³-hybridized carbons (Fsp3) is 0.556. The predicted octanol–water partition coefficient (Wildman–Crippen LogP) is -0.981. The van der Waals surface area contributed by atoms with Crippen LogP contribution in [-0.2, 0) is 9.59 Å². The van der Waals surface area contributed by atoms with Crippen LogP contribution in [-0.4, -0.2) is 46.5 Å². The molecule has 0 aromatic heterocycles. The molecule has 0 bridgehead atoms. The summed E-state index contributed by atoms with van der Waals surface area (Å²) in [5.41, 5.74) is 8.23. The van der Waals surface area contributed by atoms with Crippen molar-refractivity contribution in [1.82, 2.24) is 10.6 Å². The molecule has 3 N–H and O–H groups in total. The molecule has 0 spiro atoms. The zero-order valence-electron chi connectivity index (χ0n) is 8.92. The third-order valence-electron chi connectivity index (χ3n) is 2.51. The number of hydrogen-bond donors (Lipinski definition) is 3. The van der Waals surface area contributed by atoms with Crippen LogP contribution in [0.25, 0.3) is 5.53 Å². The van der Waals surface area contributed by atoms with Gasteiger partial charge in [-0.25, -0.2) is 4.79 Å². The number of amides is 2. The minimum atomic E-state index is -1.37. The van der Waals surface area contributed by atoms with Gasteiger partial charge in [0.25, 0.3) is 5.78 Å². The lowest BCUT2D eigenvalue weighted by molar-refractivity contribution is -0.123. The topological polar surface area (TPSA) is 132 Å². The van der Waals surface area contributed by atoms with Gasteiger partial charge in [-0.15, -0.1) is 0 Å². The second-order valence-electron chi connectivity index (χ2n) is 3.66. The lowest BCUT2D eigenvalue weighted by atomic mass is 9.96. The smallest absolute Gasteiger partial charge is 0.405 e. The van der Waals surface area contributed by atoms with Crippen molar-refractivity contribution in [2.24, 2.45) is 5.92 Å². The van der Waals surface area contributed by atoms with E-state index in [-0.39, 0.29) is 12.3 Å². The van der Waals surface area contributed by atoms with E-state index >= 15 is 0 Å². The molecule has 0 radical (unpaired) electrons. The Balaban J connectivity index is 2.68. The first-order chi connectivity index (χ1) is 8.04. The Hall–Kier alpha value is -2.21. The van der Waals surface area contributed by atoms with Crippen molar-refractivity contribution in [2.45, 2.75) is 18.9 Å². The minimum Gasteiger partial charge on any atom is -0.465 e. The van der Waals surface area contributed by atoms with Crippen LogP contribution in [0, 0.1) is 5.92 Å². The molecule has 1 rings (SSSR count). The average molecular weight is 240 g/mol. The number of carbonyl (C=O) groups is 3. The van der Waals surface area contributed by atoms with Gasteiger partial charge in [0.1, 0.15) is 6.04 Å². The third-order valence-corrected chi connectivity index (χ3v) is 2.51. The van der Waals surface area contributed by atoms with E-state index in [1.165, 1.54) is 0 Å². The van der Waals surface area contributed by atoms with E-state index in [9.17, 15) is 14.4 Å². The molecule has 1 fully saturated rings. The molecule has 8 nitrogen and oxygen atoms in total. The van der Waals surface area contributed by atoms with Crippen LogP contribution < -0.4 is 10.6 Å². The predicted molar refractivity (Wildman–Crippen MR) is 55.4 cm³/mol. The van der Waals surface area contributed by atoms with E-state index in [1.807, 2.05) is 5.32 Å². The van der Waals surface area contributed by atoms with Crippen molar-refractivity contribution < 1.29 is 24.3 Å². The van der Waals surface area contributed by atoms with E-state index in [0.29, 0.717) is 19.2 Å². The Bertz CT molecular complexity index is 388. The highest BCUT2D eigenvalue weighted by molar-refractivity contribution is 6.28. The quantitative estimate of drug-likeness (QED) is 0.323. The molecule has 0 aromatic rings. The molecule has 1 aliphatic heterocycles. The van der Waals surface area contributed by atoms with Crippen LogP contribution in [0.5, 0.6) is 0 Å². The summed E-state index contributed by atoms with van der Waals surface area (Å²) in [5, 5.41) is 13.2. The highest BCUT2D eigenvalue weighted by Gasteiger charge is 2.31. The van der Waals surface area contributed by atoms with Crippen molar-refractivity contribution in [3.8, 4) is 0 Å². The molecule has 17 heavy (non-hydrogen) atoms. The van der Waals surface area contributed by atoms with E-state index in [2.05, 4.69) is 10.1 Å². The fourth-order valence-corrected chi connectivity index (χ4v) is 1.70. The van der Waals surface area contributed by atoms with Gasteiger partial charge in [0.05, 0.1) is 0 Å². The normalized spacial score (nSPS) is 20.0. The Morgan fingerprint density at radius 3 is 2.88 bits per heavy atom. The summed E-state index contributed by atoms with van der Waals surface area (Å²) in [6.45, 7) is 0.519. The number of rotatable bonds is 5. The number of nitrogens with one attached hydrogen (secondary N) is 2. The Labute approximate surface area is 96.6 Å². The first-order valence-corrected chi connectivity index (χ1v) is 5.03. The van der Waals surface area contributed by atoms with Crippen molar-refractivity contribution >= 4 is 24.0 Å². The van der Waals surface area contributed by atoms with Gasteiger partial charge in [-0.05, 0) is 12.8 Å². The second-order valence-corrected chi connectivity index (χ2v) is 3.66. The molecule has 0 unspecified atom stereocenters. The summed E-state index contributed by atoms with van der Waals surface area (Å²) in [5.74, 6) is -1.28. The number of carbonyl (C=O) groups excluding carboxylic acids is 2. The molecule has 0 saturated carbocycles. The molecule has 2 atom stereocenters. The zero-order valence-corrected chi connectivity index (χ0v) is 8.92. The second kappa shape index (κ2) is 5.76. The first-order valence-electron chi connectivity index (χ1n) is 5.03. The lowest BCUT2D eigenvalue weighted by Crippen LogP contribution is -2.43. The van der Waals surface area contributed by atoms with E-state index < -0.39 is 23.8 Å². The summed E-state index contributed by atoms with van der Waals surface area (Å²) in [6.07, 6.45) is -0.135. The van der Waals surface area contributed by atoms with E-state index in [0.717, 1.165) is 0 Å². The van der Waals surface area contributed by atoms with E-state index in [4.69, 9.17) is 10.6 Å². The molecule has 0 aromatic carbocycles. The van der Waals surface area contributed by atoms with Gasteiger partial charge in [0.2, 0.25) is 5.91 Å². The molecule has 8 heteroatoms. The first kappa shape index (κ1) is 12.9. The highest BCUT2D eigenvalue weighted by Crippen LogP contribution is 2.16. The van der Waals surface area contributed by atoms with Crippen LogP contribution in [0.2, 0.25) is 0 Å². The molecule has 0 aliphatic carbocycles. The van der Waals surface area contributed by atoms with Gasteiger partial charge >= 0.3 is 12.3 Å². The number of Topliss-reactive ketones (excluding diaryl/α,β-unsaturated/α-hetero) is 1. The molecular weight excluding hydrogens is 228 g/mol. The van der Waals surface area contributed by atoms with Crippen LogP contribution >= 0.6 is 0 Å². The summed E-state index contributed by atoms with van der Waals surface area (Å²) >= 11 is 0. The number of hydrogen-bond acceptors (Lipinski definition) is 3. The molecular formula is C9H12N4O4. The van der Waals surface area contributed by atoms with Crippen molar-refractivity contribution in [3.05, 3.63) is 5.53 Å². The van der Waals surface area contributed by atoms with Crippen molar-refractivity contribution in [3.63, 3.8) is 0 Å². The summed E-state index contributed by atoms with van der Waals surface area (Å²) < 4.78 is 0. The standard InChI is InChI=1S/C9H12N4O4/c10-12-4-7(14)6(13-9(16)17)3-5-1-2-11-8(5)15/h4-6,13H,1-3H2,(H,11,15)(H,16,17)/t5-,6-/m0/s1. The van der Waals surface area contributed by atoms with Gasteiger partial charge in [-0.3, -0.25) is 9.59 Å². The van der Waals surface area contributed by atoms with Crippen LogP contribution in [0.3, 0.4) is 0 Å². The van der Waals surface area contributed by atoms with Gasteiger partial charge in [0.15, 0.2) is 0 Å². The molecule has 1 saturated heterocycles. The van der Waals surface area contributed by atoms with Crippen LogP contribution in [0.1, 0.15) is 12.8 Å². The molecule has 1 aliphatic rings. The van der Waals surface area contributed by atoms with Crippen molar-refractivity contribution in [2.75, 3.05) is 6.54 Å². The largest absolute Gasteiger partial charge is 0.465 e. The maximum atomic E-state index is 11.4. The minimum absolute atomic E-state index is 0.0585. The van der Waals surface area contributed by atoms with Crippen LogP contribution in [0.15, 0.2) is 0 Å². The highest BCUT2D eigenvalue weighted by atomic mass is 16.4. The Kier molecular flexibility index (Phi) is 4.36. The number of nitrogens with zero attached hydrogens (tertiary/aromatic N) is 2. The average Bonchev–Trinajstić information content (AvgIpc) is 2.63. The van der Waals surface area contributed by atoms with Gasteiger partial charge in [0, 0.05) is 12.5 Å². The van der Waals surface area contributed by atoms with Crippen molar-refractivity contribution in [1.29, 1.82) is 0 Å². The van der Waals surface area contributed by atoms with Gasteiger partial charge < -0.3 is 21.3 Å². The maximum Gasteiger partial charge on any atom is 0.405 e. The zero-order chi connectivity index (χ0) is 12.8. The van der Waals surface area contributed by atoms with Crippen LogP contribution in [0.4, 0.5) is 4.79 Å².